The first-order valence-electron chi connectivity index (χ1n) is 8.80. The fourth-order valence-corrected chi connectivity index (χ4v) is 6.71. The van der Waals surface area contributed by atoms with Gasteiger partial charge in [0, 0.05) is 12.1 Å². The number of halogens is 2. The van der Waals surface area contributed by atoms with Crippen molar-refractivity contribution in [2.75, 3.05) is 0 Å². The molecule has 4 rings (SSSR count). The van der Waals surface area contributed by atoms with Crippen LogP contribution in [0.2, 0.25) is 0 Å². The van der Waals surface area contributed by atoms with E-state index < -0.39 is 10.0 Å². The van der Waals surface area contributed by atoms with E-state index in [2.05, 4.69) is 36.6 Å². The number of para-hydroxylation sites is 1. The number of phenolic OH excluding ortho intramolecular Hbond substituents is 1. The minimum absolute atomic E-state index is 0.0462. The molecule has 8 heteroatoms. The molecule has 2 aromatic carbocycles. The number of nitrogens with one attached hydrogen (secondary N) is 1. The van der Waals surface area contributed by atoms with Crippen LogP contribution in [0, 0.1) is 11.8 Å². The number of benzene rings is 2. The number of sulfonamides is 1. The van der Waals surface area contributed by atoms with Gasteiger partial charge in [0.15, 0.2) is 5.75 Å². The Bertz CT molecular complexity index is 959. The van der Waals surface area contributed by atoms with Gasteiger partial charge >= 0.3 is 0 Å². The molecule has 2 N–H and O–H groups in total. The third-order valence-electron chi connectivity index (χ3n) is 5.40. The number of rotatable bonds is 5. The second kappa shape index (κ2) is 7.39. The Morgan fingerprint density at radius 3 is 2.44 bits per heavy atom. The lowest BCUT2D eigenvalue weighted by molar-refractivity contribution is 0.388. The number of ether oxygens (including phenoxy) is 1. The number of fused-ring (bicyclic) bond motifs is 2. The maximum Gasteiger partial charge on any atom is 0.244 e. The second-order valence-corrected chi connectivity index (χ2v) is 10.6. The number of hydrogen-bond acceptors (Lipinski definition) is 4. The van der Waals surface area contributed by atoms with Crippen LogP contribution in [0.3, 0.4) is 0 Å². The highest BCUT2D eigenvalue weighted by Gasteiger charge is 2.41. The van der Waals surface area contributed by atoms with Gasteiger partial charge in [0.05, 0.1) is 8.95 Å². The first kappa shape index (κ1) is 19.2. The molecule has 0 aliphatic heterocycles. The minimum Gasteiger partial charge on any atom is -0.507 e. The predicted molar refractivity (Wildman–Crippen MR) is 110 cm³/mol. The Morgan fingerprint density at radius 2 is 1.81 bits per heavy atom. The zero-order chi connectivity index (χ0) is 19.2. The third-order valence-corrected chi connectivity index (χ3v) is 8.17. The molecule has 0 radical (unpaired) electrons. The van der Waals surface area contributed by atoms with Crippen LogP contribution in [-0.2, 0) is 10.0 Å². The highest BCUT2D eigenvalue weighted by molar-refractivity contribution is 9.11. The molecule has 2 saturated carbocycles. The van der Waals surface area contributed by atoms with Gasteiger partial charge in [-0.2, -0.15) is 0 Å². The Morgan fingerprint density at radius 1 is 1.07 bits per heavy atom. The van der Waals surface area contributed by atoms with Crippen molar-refractivity contribution in [3.8, 4) is 17.2 Å². The van der Waals surface area contributed by atoms with E-state index in [4.69, 9.17) is 4.74 Å². The van der Waals surface area contributed by atoms with E-state index in [-0.39, 0.29) is 16.7 Å². The normalized spacial score (nSPS) is 24.3. The van der Waals surface area contributed by atoms with Gasteiger partial charge < -0.3 is 9.84 Å². The van der Waals surface area contributed by atoms with Gasteiger partial charge in [0.25, 0.3) is 0 Å². The van der Waals surface area contributed by atoms with Crippen LogP contribution >= 0.6 is 31.9 Å². The van der Waals surface area contributed by atoms with Crippen LogP contribution in [0.5, 0.6) is 17.2 Å². The van der Waals surface area contributed by atoms with Crippen LogP contribution in [0.25, 0.3) is 0 Å². The van der Waals surface area contributed by atoms with Crippen molar-refractivity contribution >= 4 is 41.9 Å². The molecule has 27 heavy (non-hydrogen) atoms. The van der Waals surface area contributed by atoms with Crippen molar-refractivity contribution in [1.82, 2.24) is 4.72 Å². The summed E-state index contributed by atoms with van der Waals surface area (Å²) in [5.41, 5.74) is 0. The standard InChI is InChI=1S/C19H19Br2NO4S/c20-14-2-1-3-15(21)19(14)26-13-6-7-17(23)18(10-13)27(24,25)22-16-9-11-4-5-12(16)8-11/h1-3,6-7,10-12,16,22-23H,4-5,8-9H2. The maximum atomic E-state index is 12.9. The number of aromatic hydroxyl groups is 1. The van der Waals surface area contributed by atoms with Crippen molar-refractivity contribution in [2.24, 2.45) is 11.8 Å². The highest BCUT2D eigenvalue weighted by atomic mass is 79.9. The average Bonchev–Trinajstić information content (AvgIpc) is 3.22. The molecule has 3 unspecified atom stereocenters. The fraction of sp³-hybridized carbons (Fsp3) is 0.368. The summed E-state index contributed by atoms with van der Waals surface area (Å²) >= 11 is 6.84. The van der Waals surface area contributed by atoms with E-state index in [0.717, 1.165) is 28.2 Å². The van der Waals surface area contributed by atoms with Gasteiger partial charge in [-0.25, -0.2) is 13.1 Å². The third kappa shape index (κ3) is 3.90. The monoisotopic (exact) mass is 515 g/mol. The molecule has 2 aliphatic rings. The first-order chi connectivity index (χ1) is 12.8. The van der Waals surface area contributed by atoms with E-state index in [0.29, 0.717) is 23.3 Å². The quantitative estimate of drug-likeness (QED) is 0.574. The van der Waals surface area contributed by atoms with Crippen LogP contribution in [0.4, 0.5) is 0 Å². The lowest BCUT2D eigenvalue weighted by atomic mass is 9.96. The predicted octanol–water partition coefficient (Wildman–Crippen LogP) is 5.18. The molecular formula is C19H19Br2NO4S. The Labute approximate surface area is 175 Å². The molecule has 2 fully saturated rings. The van der Waals surface area contributed by atoms with Gasteiger partial charge in [-0.1, -0.05) is 12.5 Å². The summed E-state index contributed by atoms with van der Waals surface area (Å²) in [6.07, 6.45) is 4.24. The summed E-state index contributed by atoms with van der Waals surface area (Å²) in [4.78, 5) is -0.161. The molecule has 2 aliphatic carbocycles. The largest absolute Gasteiger partial charge is 0.507 e. The fourth-order valence-electron chi connectivity index (χ4n) is 4.12. The van der Waals surface area contributed by atoms with Crippen molar-refractivity contribution < 1.29 is 18.3 Å². The molecule has 0 amide bonds. The first-order valence-corrected chi connectivity index (χ1v) is 11.9. The molecule has 2 bridgehead atoms. The molecule has 0 spiro atoms. The Balaban J connectivity index is 1.60. The van der Waals surface area contributed by atoms with Crippen molar-refractivity contribution in [1.29, 1.82) is 0 Å². The Kier molecular flexibility index (Phi) is 5.26. The van der Waals surface area contributed by atoms with E-state index >= 15 is 0 Å². The summed E-state index contributed by atoms with van der Waals surface area (Å²) in [6, 6.07) is 9.70. The highest BCUT2D eigenvalue weighted by Crippen LogP contribution is 2.45. The van der Waals surface area contributed by atoms with E-state index in [1.54, 1.807) is 0 Å². The van der Waals surface area contributed by atoms with Crippen LogP contribution in [0.15, 0.2) is 50.2 Å². The summed E-state index contributed by atoms with van der Waals surface area (Å²) in [5, 5.41) is 10.2. The minimum atomic E-state index is -3.84. The zero-order valence-electron chi connectivity index (χ0n) is 14.4. The smallest absolute Gasteiger partial charge is 0.244 e. The van der Waals surface area contributed by atoms with Gasteiger partial charge in [-0.15, -0.1) is 0 Å². The van der Waals surface area contributed by atoms with E-state index in [1.807, 2.05) is 18.2 Å². The maximum absolute atomic E-state index is 12.9. The van der Waals surface area contributed by atoms with Crippen LogP contribution < -0.4 is 9.46 Å². The lowest BCUT2D eigenvalue weighted by Gasteiger charge is -2.23. The van der Waals surface area contributed by atoms with Gasteiger partial charge in [-0.3, -0.25) is 0 Å². The Hall–Kier alpha value is -1.09. The summed E-state index contributed by atoms with van der Waals surface area (Å²) in [5.74, 6) is 1.60. The molecule has 144 valence electrons. The SMILES string of the molecule is O=S(=O)(NC1CC2CCC1C2)c1cc(Oc2c(Br)cccc2Br)ccc1O. The summed E-state index contributed by atoms with van der Waals surface area (Å²) in [7, 11) is -3.84. The summed E-state index contributed by atoms with van der Waals surface area (Å²) < 4.78 is 35.9. The zero-order valence-corrected chi connectivity index (χ0v) is 18.3. The van der Waals surface area contributed by atoms with Crippen molar-refractivity contribution in [3.63, 3.8) is 0 Å². The molecule has 3 atom stereocenters. The lowest BCUT2D eigenvalue weighted by Crippen LogP contribution is -2.38. The van der Waals surface area contributed by atoms with Crippen molar-refractivity contribution in [3.05, 3.63) is 45.3 Å². The summed E-state index contributed by atoms with van der Waals surface area (Å²) in [6.45, 7) is 0. The van der Waals surface area contributed by atoms with Gasteiger partial charge in [0.2, 0.25) is 10.0 Å². The van der Waals surface area contributed by atoms with Crippen LogP contribution in [0.1, 0.15) is 25.7 Å². The van der Waals surface area contributed by atoms with E-state index in [1.165, 1.54) is 24.6 Å². The molecular weight excluding hydrogens is 498 g/mol. The second-order valence-electron chi connectivity index (χ2n) is 7.19. The molecule has 0 heterocycles. The molecule has 0 saturated heterocycles. The molecule has 2 aromatic rings. The van der Waals surface area contributed by atoms with Crippen molar-refractivity contribution in [2.45, 2.75) is 36.6 Å². The number of phenols is 1. The average molecular weight is 517 g/mol. The van der Waals surface area contributed by atoms with Crippen LogP contribution in [-0.4, -0.2) is 19.6 Å². The van der Waals surface area contributed by atoms with Gasteiger partial charge in [0.1, 0.15) is 16.4 Å². The molecule has 5 nitrogen and oxygen atoms in total. The molecule has 0 aromatic heterocycles. The van der Waals surface area contributed by atoms with E-state index in [9.17, 15) is 13.5 Å². The topological polar surface area (TPSA) is 75.6 Å². The number of hydrogen-bond donors (Lipinski definition) is 2. The van der Waals surface area contributed by atoms with Gasteiger partial charge in [-0.05, 0) is 87.2 Å².